The molecule has 2 aromatic carbocycles. The van der Waals surface area contributed by atoms with Gasteiger partial charge in [0.15, 0.2) is 5.60 Å². The van der Waals surface area contributed by atoms with Gasteiger partial charge in [0.1, 0.15) is 16.6 Å². The molecular weight excluding hydrogens is 464 g/mol. The highest BCUT2D eigenvalue weighted by molar-refractivity contribution is 6.32. The van der Waals surface area contributed by atoms with Crippen LogP contribution in [-0.4, -0.2) is 35.2 Å². The van der Waals surface area contributed by atoms with Gasteiger partial charge in [-0.3, -0.25) is 9.79 Å². The predicted octanol–water partition coefficient (Wildman–Crippen LogP) is 5.91. The first-order valence-electron chi connectivity index (χ1n) is 9.99. The second-order valence-electron chi connectivity index (χ2n) is 7.53. The van der Waals surface area contributed by atoms with Gasteiger partial charge in [0, 0.05) is 17.7 Å². The summed E-state index contributed by atoms with van der Waals surface area (Å²) in [6.45, 7) is 1.64. The number of aromatic nitrogens is 1. The van der Waals surface area contributed by atoms with Gasteiger partial charge in [-0.15, -0.1) is 0 Å². The Hall–Kier alpha value is -2.91. The van der Waals surface area contributed by atoms with Crippen molar-refractivity contribution in [3.8, 4) is 5.75 Å². The molecule has 2 atom stereocenters. The monoisotopic (exact) mass is 484 g/mol. The zero-order chi connectivity index (χ0) is 24.4. The third-order valence-corrected chi connectivity index (χ3v) is 5.78. The van der Waals surface area contributed by atoms with Gasteiger partial charge in [0.05, 0.1) is 18.3 Å². The molecule has 0 fully saturated rings. The summed E-state index contributed by atoms with van der Waals surface area (Å²) in [6.07, 6.45) is -5.22. The molecule has 33 heavy (non-hydrogen) atoms. The Kier molecular flexibility index (Phi) is 7.14. The average molecular weight is 485 g/mol. The fraction of sp³-hybridized carbons (Fsp3) is 0.304. The number of halogens is 5. The summed E-state index contributed by atoms with van der Waals surface area (Å²) in [5, 5.41) is 10.8. The average Bonchev–Trinajstić information content (AvgIpc) is 2.76. The van der Waals surface area contributed by atoms with Gasteiger partial charge in [-0.25, -0.2) is 4.39 Å². The second-order valence-corrected chi connectivity index (χ2v) is 7.91. The van der Waals surface area contributed by atoms with E-state index in [4.69, 9.17) is 16.3 Å². The van der Waals surface area contributed by atoms with Crippen LogP contribution in [0, 0.1) is 5.82 Å². The first-order valence-corrected chi connectivity index (χ1v) is 10.4. The van der Waals surface area contributed by atoms with Crippen molar-refractivity contribution in [3.05, 3.63) is 69.2 Å². The molecule has 0 aliphatic rings. The lowest BCUT2D eigenvalue weighted by molar-refractivity contribution is -0.232. The quantitative estimate of drug-likeness (QED) is 0.323. The van der Waals surface area contributed by atoms with Crippen molar-refractivity contribution in [2.24, 2.45) is 4.99 Å². The van der Waals surface area contributed by atoms with Crippen molar-refractivity contribution in [1.29, 1.82) is 0 Å². The lowest BCUT2D eigenvalue weighted by Crippen LogP contribution is -2.47. The molecule has 0 saturated carbocycles. The molecule has 5 nitrogen and oxygen atoms in total. The van der Waals surface area contributed by atoms with Crippen LogP contribution < -0.4 is 10.3 Å². The largest absolute Gasteiger partial charge is 0.495 e. The van der Waals surface area contributed by atoms with E-state index >= 15 is 0 Å². The molecule has 0 aliphatic carbocycles. The van der Waals surface area contributed by atoms with Crippen LogP contribution in [0.15, 0.2) is 52.3 Å². The number of pyridine rings is 1. The van der Waals surface area contributed by atoms with Crippen LogP contribution in [-0.2, 0) is 0 Å². The van der Waals surface area contributed by atoms with E-state index in [1.54, 1.807) is 13.0 Å². The number of nitrogens with one attached hydrogen (secondary N) is 1. The number of aliphatic imine (C=N–C) groups is 1. The summed E-state index contributed by atoms with van der Waals surface area (Å²) in [6, 6.07) is 9.58. The summed E-state index contributed by atoms with van der Waals surface area (Å²) in [5.74, 6) is -1.73. The molecule has 1 aromatic heterocycles. The van der Waals surface area contributed by atoms with Gasteiger partial charge in [0.25, 0.3) is 0 Å². The molecule has 0 unspecified atom stereocenters. The number of H-pyrrole nitrogens is 1. The Morgan fingerprint density at radius 3 is 2.58 bits per heavy atom. The number of nitrogens with zero attached hydrogens (tertiary/aromatic N) is 1. The van der Waals surface area contributed by atoms with Gasteiger partial charge in [-0.2, -0.15) is 13.2 Å². The number of rotatable bonds is 7. The van der Waals surface area contributed by atoms with Gasteiger partial charge in [-0.1, -0.05) is 30.7 Å². The third kappa shape index (κ3) is 5.04. The van der Waals surface area contributed by atoms with Crippen molar-refractivity contribution in [2.75, 3.05) is 7.11 Å². The van der Waals surface area contributed by atoms with E-state index in [0.717, 1.165) is 6.07 Å². The van der Waals surface area contributed by atoms with Crippen LogP contribution in [0.2, 0.25) is 5.02 Å². The molecule has 0 aliphatic heterocycles. The summed E-state index contributed by atoms with van der Waals surface area (Å²) in [7, 11) is 1.24. The first-order chi connectivity index (χ1) is 15.5. The molecule has 0 saturated heterocycles. The van der Waals surface area contributed by atoms with E-state index in [1.807, 2.05) is 0 Å². The van der Waals surface area contributed by atoms with Gasteiger partial charge < -0.3 is 14.8 Å². The number of hydrogen-bond donors (Lipinski definition) is 2. The number of aromatic amines is 1. The zero-order valence-electron chi connectivity index (χ0n) is 17.7. The molecule has 176 valence electrons. The Labute approximate surface area is 191 Å². The zero-order valence-corrected chi connectivity index (χ0v) is 18.5. The SMILES string of the molecule is CC[C@H](C[C@](O)(C=Nc1cccc2[nH]c(=O)ccc12)C(F)(F)F)c1ccc(F)c(Cl)c1OC. The smallest absolute Gasteiger partial charge is 0.422 e. The third-order valence-electron chi connectivity index (χ3n) is 5.43. The van der Waals surface area contributed by atoms with E-state index in [2.05, 4.69) is 9.98 Å². The summed E-state index contributed by atoms with van der Waals surface area (Å²) >= 11 is 5.93. The van der Waals surface area contributed by atoms with Crippen molar-refractivity contribution in [1.82, 2.24) is 4.98 Å². The number of alkyl halides is 3. The van der Waals surface area contributed by atoms with Crippen molar-refractivity contribution >= 4 is 34.4 Å². The fourth-order valence-corrected chi connectivity index (χ4v) is 3.88. The summed E-state index contributed by atoms with van der Waals surface area (Å²) in [4.78, 5) is 18.0. The minimum Gasteiger partial charge on any atom is -0.495 e. The molecular formula is C23H21ClF4N2O3. The van der Waals surface area contributed by atoms with Crippen LogP contribution >= 0.6 is 11.6 Å². The van der Waals surface area contributed by atoms with Crippen molar-refractivity contribution in [2.45, 2.75) is 37.5 Å². The minimum atomic E-state index is -5.06. The topological polar surface area (TPSA) is 74.7 Å². The number of fused-ring (bicyclic) bond motifs is 1. The molecule has 3 aromatic rings. The van der Waals surface area contributed by atoms with Gasteiger partial charge >= 0.3 is 6.18 Å². The molecule has 1 heterocycles. The molecule has 0 amide bonds. The van der Waals surface area contributed by atoms with E-state index in [0.29, 0.717) is 17.1 Å². The van der Waals surface area contributed by atoms with Crippen LogP contribution in [0.4, 0.5) is 23.2 Å². The molecule has 0 bridgehead atoms. The maximum Gasteiger partial charge on any atom is 0.422 e. The normalized spacial score (nSPS) is 15.0. The van der Waals surface area contributed by atoms with Crippen LogP contribution in [0.1, 0.15) is 31.2 Å². The maximum atomic E-state index is 14.0. The maximum absolute atomic E-state index is 14.0. The minimum absolute atomic E-state index is 0.0806. The molecule has 3 rings (SSSR count). The lowest BCUT2D eigenvalue weighted by Gasteiger charge is -2.31. The molecule has 0 spiro atoms. The van der Waals surface area contributed by atoms with E-state index < -0.39 is 29.9 Å². The van der Waals surface area contributed by atoms with E-state index in [9.17, 15) is 27.5 Å². The van der Waals surface area contributed by atoms with E-state index in [-0.39, 0.29) is 34.0 Å². The molecule has 10 heteroatoms. The van der Waals surface area contributed by atoms with Gasteiger partial charge in [0.2, 0.25) is 5.56 Å². The Morgan fingerprint density at radius 1 is 1.21 bits per heavy atom. The van der Waals surface area contributed by atoms with Crippen LogP contribution in [0.25, 0.3) is 10.9 Å². The highest BCUT2D eigenvalue weighted by Gasteiger charge is 2.53. The number of methoxy groups -OCH3 is 1. The van der Waals surface area contributed by atoms with E-state index in [1.165, 1.54) is 37.4 Å². The number of benzene rings is 2. The first kappa shape index (κ1) is 24.7. The molecule has 2 N–H and O–H groups in total. The second kappa shape index (κ2) is 9.52. The van der Waals surface area contributed by atoms with Crippen LogP contribution in [0.3, 0.4) is 0 Å². The molecule has 0 radical (unpaired) electrons. The standard InChI is InChI=1S/C23H21ClF4N2O3/c1-3-13(14-7-9-16(25)20(24)21(14)33-2)11-22(32,23(26,27)28)12-29-17-5-4-6-18-15(17)8-10-19(31)30-18/h4-10,12-13,32H,3,11H2,1-2H3,(H,30,31)/t13-,22+/m1/s1. The highest BCUT2D eigenvalue weighted by Crippen LogP contribution is 2.43. The number of hydrogen-bond acceptors (Lipinski definition) is 4. The summed E-state index contributed by atoms with van der Waals surface area (Å²) in [5.41, 5.74) is -2.89. The van der Waals surface area contributed by atoms with Crippen LogP contribution in [0.5, 0.6) is 5.75 Å². The van der Waals surface area contributed by atoms with Crippen molar-refractivity contribution in [3.63, 3.8) is 0 Å². The van der Waals surface area contributed by atoms with Gasteiger partial charge in [-0.05, 0) is 48.6 Å². The number of ether oxygens (including phenoxy) is 1. The fourth-order valence-electron chi connectivity index (χ4n) is 3.63. The van der Waals surface area contributed by atoms with Crippen molar-refractivity contribution < 1.29 is 27.4 Å². The predicted molar refractivity (Wildman–Crippen MR) is 119 cm³/mol. The Balaban J connectivity index is 2.04. The summed E-state index contributed by atoms with van der Waals surface area (Å²) < 4.78 is 61.0. The number of aliphatic hydroxyl groups is 1. The highest BCUT2D eigenvalue weighted by atomic mass is 35.5. The Morgan fingerprint density at radius 2 is 1.94 bits per heavy atom. The Bertz CT molecular complexity index is 1240. The lowest BCUT2D eigenvalue weighted by atomic mass is 9.84.